The van der Waals surface area contributed by atoms with E-state index in [9.17, 15) is 31.9 Å². The van der Waals surface area contributed by atoms with Gasteiger partial charge in [-0.3, -0.25) is 4.79 Å². The average Bonchev–Trinajstić information content (AvgIpc) is 3.16. The summed E-state index contributed by atoms with van der Waals surface area (Å²) in [5, 5.41) is 14.5. The topological polar surface area (TPSA) is 62.2 Å². The molecular formula is C20H15F5N2O2S. The van der Waals surface area contributed by atoms with E-state index in [1.54, 1.807) is 5.38 Å². The van der Waals surface area contributed by atoms with Gasteiger partial charge in [0, 0.05) is 17.5 Å². The number of alkyl halides is 3. The summed E-state index contributed by atoms with van der Waals surface area (Å²) in [6.07, 6.45) is -5.75. The van der Waals surface area contributed by atoms with E-state index >= 15 is 0 Å². The van der Waals surface area contributed by atoms with Crippen LogP contribution in [0.2, 0.25) is 0 Å². The van der Waals surface area contributed by atoms with Gasteiger partial charge in [0.1, 0.15) is 5.01 Å². The first kappa shape index (κ1) is 21.8. The first-order chi connectivity index (χ1) is 14.1. The smallest absolute Gasteiger partial charge is 0.387 e. The van der Waals surface area contributed by atoms with E-state index in [0.29, 0.717) is 16.3 Å². The number of hydrogen-bond donors (Lipinski definition) is 2. The molecule has 1 unspecified atom stereocenters. The lowest BCUT2D eigenvalue weighted by molar-refractivity contribution is -0.137. The van der Waals surface area contributed by atoms with Crippen molar-refractivity contribution in [2.45, 2.75) is 18.7 Å². The molecule has 30 heavy (non-hydrogen) atoms. The lowest BCUT2D eigenvalue weighted by Gasteiger charge is -2.12. The summed E-state index contributed by atoms with van der Waals surface area (Å²) >= 11 is 1.18. The van der Waals surface area contributed by atoms with Crippen molar-refractivity contribution in [3.05, 3.63) is 76.3 Å². The van der Waals surface area contributed by atoms with Crippen molar-refractivity contribution in [2.24, 2.45) is 0 Å². The van der Waals surface area contributed by atoms with Gasteiger partial charge in [0.2, 0.25) is 5.91 Å². The third-order valence-electron chi connectivity index (χ3n) is 4.17. The van der Waals surface area contributed by atoms with Crippen LogP contribution in [0.4, 0.5) is 22.0 Å². The summed E-state index contributed by atoms with van der Waals surface area (Å²) in [5.74, 6) is -2.60. The molecule has 0 saturated carbocycles. The number of aromatic nitrogens is 1. The third-order valence-corrected chi connectivity index (χ3v) is 5.11. The van der Waals surface area contributed by atoms with Crippen LogP contribution < -0.4 is 5.32 Å². The number of hydrogen-bond acceptors (Lipinski definition) is 4. The molecule has 2 N–H and O–H groups in total. The molecule has 2 aromatic carbocycles. The average molecular weight is 442 g/mol. The summed E-state index contributed by atoms with van der Waals surface area (Å²) in [6.45, 7) is -0.209. The zero-order valence-electron chi connectivity index (χ0n) is 15.2. The van der Waals surface area contributed by atoms with Gasteiger partial charge in [-0.15, -0.1) is 11.3 Å². The van der Waals surface area contributed by atoms with Gasteiger partial charge in [0.05, 0.1) is 23.8 Å². The van der Waals surface area contributed by atoms with E-state index in [-0.39, 0.29) is 18.5 Å². The Morgan fingerprint density at radius 2 is 1.80 bits per heavy atom. The maximum Gasteiger partial charge on any atom is 0.416 e. The minimum absolute atomic E-state index is 0.109. The summed E-state index contributed by atoms with van der Waals surface area (Å²) in [4.78, 5) is 16.3. The summed E-state index contributed by atoms with van der Waals surface area (Å²) in [6, 6.07) is 7.49. The van der Waals surface area contributed by atoms with Gasteiger partial charge in [-0.25, -0.2) is 13.8 Å². The van der Waals surface area contributed by atoms with Crippen LogP contribution >= 0.6 is 11.3 Å². The molecule has 1 atom stereocenters. The highest BCUT2D eigenvalue weighted by Crippen LogP contribution is 2.31. The van der Waals surface area contributed by atoms with Gasteiger partial charge in [-0.1, -0.05) is 18.2 Å². The summed E-state index contributed by atoms with van der Waals surface area (Å²) < 4.78 is 64.0. The molecular weight excluding hydrogens is 427 g/mol. The molecule has 3 rings (SSSR count). The second-order valence-corrected chi connectivity index (χ2v) is 7.25. The van der Waals surface area contributed by atoms with Crippen LogP contribution in [0.3, 0.4) is 0 Å². The van der Waals surface area contributed by atoms with E-state index in [0.717, 1.165) is 24.3 Å². The summed E-state index contributed by atoms with van der Waals surface area (Å²) in [5.41, 5.74) is 0.262. The van der Waals surface area contributed by atoms with Gasteiger partial charge < -0.3 is 10.4 Å². The quantitative estimate of drug-likeness (QED) is 0.553. The van der Waals surface area contributed by atoms with Crippen LogP contribution in [0.15, 0.2) is 47.8 Å². The first-order valence-electron chi connectivity index (χ1n) is 8.65. The fourth-order valence-electron chi connectivity index (χ4n) is 2.60. The maximum atomic E-state index is 13.2. The van der Waals surface area contributed by atoms with Gasteiger partial charge in [-0.2, -0.15) is 13.2 Å². The van der Waals surface area contributed by atoms with Gasteiger partial charge in [0.15, 0.2) is 11.6 Å². The molecule has 0 aliphatic heterocycles. The zero-order chi connectivity index (χ0) is 21.9. The van der Waals surface area contributed by atoms with Crippen molar-refractivity contribution in [3.63, 3.8) is 0 Å². The Morgan fingerprint density at radius 1 is 1.10 bits per heavy atom. The Balaban J connectivity index is 1.56. The molecule has 1 heterocycles. The second-order valence-electron chi connectivity index (χ2n) is 6.39. The van der Waals surface area contributed by atoms with E-state index in [1.807, 2.05) is 0 Å². The highest BCUT2D eigenvalue weighted by molar-refractivity contribution is 7.13. The lowest BCUT2D eigenvalue weighted by Crippen LogP contribution is -2.29. The van der Waals surface area contributed by atoms with Crippen molar-refractivity contribution in [2.75, 3.05) is 6.54 Å². The van der Waals surface area contributed by atoms with Crippen molar-refractivity contribution in [3.8, 4) is 10.6 Å². The number of carbonyl (C=O) groups is 1. The second kappa shape index (κ2) is 8.88. The number of nitrogens with one attached hydrogen (secondary N) is 1. The molecule has 0 aliphatic rings. The van der Waals surface area contributed by atoms with Crippen LogP contribution in [-0.4, -0.2) is 22.5 Å². The monoisotopic (exact) mass is 442 g/mol. The molecule has 158 valence electrons. The fraction of sp³-hybridized carbons (Fsp3) is 0.200. The van der Waals surface area contributed by atoms with Crippen LogP contribution in [0.5, 0.6) is 0 Å². The number of benzene rings is 2. The van der Waals surface area contributed by atoms with Crippen molar-refractivity contribution in [1.29, 1.82) is 0 Å². The Labute approximate surface area is 172 Å². The predicted octanol–water partition coefficient (Wildman–Crippen LogP) is 4.50. The zero-order valence-corrected chi connectivity index (χ0v) is 16.0. The molecule has 0 aliphatic carbocycles. The molecule has 4 nitrogen and oxygen atoms in total. The molecule has 1 aromatic heterocycles. The van der Waals surface area contributed by atoms with Crippen LogP contribution in [0, 0.1) is 11.6 Å². The summed E-state index contributed by atoms with van der Waals surface area (Å²) in [7, 11) is 0. The van der Waals surface area contributed by atoms with Crippen LogP contribution in [0.1, 0.15) is 22.9 Å². The normalized spacial score (nSPS) is 12.6. The molecule has 3 aromatic rings. The fourth-order valence-corrected chi connectivity index (χ4v) is 3.42. The van der Waals surface area contributed by atoms with E-state index in [1.165, 1.54) is 29.5 Å². The van der Waals surface area contributed by atoms with Crippen LogP contribution in [0.25, 0.3) is 10.6 Å². The van der Waals surface area contributed by atoms with Crippen molar-refractivity contribution >= 4 is 17.2 Å². The highest BCUT2D eigenvalue weighted by atomic mass is 32.1. The number of nitrogens with zero attached hydrogens (tertiary/aromatic N) is 1. The van der Waals surface area contributed by atoms with Crippen molar-refractivity contribution in [1.82, 2.24) is 10.3 Å². The molecule has 0 saturated heterocycles. The lowest BCUT2D eigenvalue weighted by atomic mass is 10.1. The number of halogens is 5. The Morgan fingerprint density at radius 3 is 2.43 bits per heavy atom. The minimum Gasteiger partial charge on any atom is -0.387 e. The highest BCUT2D eigenvalue weighted by Gasteiger charge is 2.30. The maximum absolute atomic E-state index is 13.2. The molecule has 0 spiro atoms. The van der Waals surface area contributed by atoms with E-state index in [4.69, 9.17) is 0 Å². The number of amides is 1. The number of aliphatic hydroxyl groups excluding tert-OH is 1. The van der Waals surface area contributed by atoms with Gasteiger partial charge in [-0.05, 0) is 29.8 Å². The largest absolute Gasteiger partial charge is 0.416 e. The van der Waals surface area contributed by atoms with E-state index in [2.05, 4.69) is 10.3 Å². The van der Waals surface area contributed by atoms with Crippen molar-refractivity contribution < 1.29 is 31.9 Å². The van der Waals surface area contributed by atoms with E-state index < -0.39 is 35.4 Å². The number of thiazole rings is 1. The minimum atomic E-state index is -4.42. The SMILES string of the molecule is O=C(Cc1csc(-c2ccc(C(F)(F)F)cc2)n1)NCC(O)c1ccc(F)c(F)c1. The third kappa shape index (κ3) is 5.39. The number of carbonyl (C=O) groups excluding carboxylic acids is 1. The van der Waals surface area contributed by atoms with Gasteiger partial charge >= 0.3 is 6.18 Å². The predicted molar refractivity (Wildman–Crippen MR) is 101 cm³/mol. The Bertz CT molecular complexity index is 1030. The number of rotatable bonds is 6. The van der Waals surface area contributed by atoms with Crippen LogP contribution in [-0.2, 0) is 17.4 Å². The molecule has 1 amide bonds. The Hall–Kier alpha value is -2.85. The molecule has 0 bridgehead atoms. The number of aliphatic hydroxyl groups is 1. The van der Waals surface area contributed by atoms with Gasteiger partial charge in [0.25, 0.3) is 0 Å². The Kier molecular flexibility index (Phi) is 6.47. The standard InChI is InChI=1S/C20H15F5N2O2S/c21-15-6-3-12(7-16(15)22)17(28)9-26-18(29)8-14-10-30-19(27-14)11-1-4-13(5-2-11)20(23,24)25/h1-7,10,17,28H,8-9H2,(H,26,29). The molecule has 0 radical (unpaired) electrons. The molecule has 10 heteroatoms. The first-order valence-corrected chi connectivity index (χ1v) is 9.53. The molecule has 0 fully saturated rings.